The Kier molecular flexibility index (Phi) is 2.60. The van der Waals surface area contributed by atoms with Crippen molar-refractivity contribution in [3.63, 3.8) is 0 Å². The zero-order valence-corrected chi connectivity index (χ0v) is 8.25. The molecule has 2 atom stereocenters. The molecule has 2 aliphatic rings. The van der Waals surface area contributed by atoms with Gasteiger partial charge in [0.2, 0.25) is 0 Å². The molecule has 1 N–H and O–H groups in total. The number of cyclic esters (lactones) is 1. The number of fused-ring (bicyclic) bond motifs is 1. The highest BCUT2D eigenvalue weighted by Crippen LogP contribution is 2.38. The second-order valence-corrected chi connectivity index (χ2v) is 3.75. The van der Waals surface area contributed by atoms with Crippen LogP contribution in [0.1, 0.15) is 19.3 Å². The van der Waals surface area contributed by atoms with Crippen LogP contribution in [0, 0.1) is 5.92 Å². The maximum absolute atomic E-state index is 11.1. The largest absolute Gasteiger partial charge is 0.449 e. The molecular formula is C9H15NO4. The van der Waals surface area contributed by atoms with Crippen LogP contribution in [0.25, 0.3) is 0 Å². The third kappa shape index (κ3) is 1.57. The summed E-state index contributed by atoms with van der Waals surface area (Å²) in [5.74, 6) is 0.260. The number of nitrogens with one attached hydrogen (secondary N) is 1. The van der Waals surface area contributed by atoms with Crippen molar-refractivity contribution < 1.29 is 19.0 Å². The van der Waals surface area contributed by atoms with Crippen molar-refractivity contribution in [2.75, 3.05) is 20.5 Å². The van der Waals surface area contributed by atoms with Crippen molar-refractivity contribution in [2.24, 2.45) is 5.92 Å². The minimum absolute atomic E-state index is 0.205. The fourth-order valence-electron chi connectivity index (χ4n) is 2.21. The van der Waals surface area contributed by atoms with E-state index < -0.39 is 5.72 Å². The SMILES string of the molecule is COCO[C@]12CCC[C@H]1COC(=O)N2. The number of carbonyl (C=O) groups excluding carboxylic acids is 1. The molecule has 0 bridgehead atoms. The van der Waals surface area contributed by atoms with E-state index in [4.69, 9.17) is 14.2 Å². The molecule has 0 radical (unpaired) electrons. The number of hydrogen-bond donors (Lipinski definition) is 1. The molecule has 14 heavy (non-hydrogen) atoms. The van der Waals surface area contributed by atoms with Crippen molar-refractivity contribution in [2.45, 2.75) is 25.0 Å². The van der Waals surface area contributed by atoms with Crippen LogP contribution in [0.4, 0.5) is 4.79 Å². The number of ether oxygens (including phenoxy) is 3. The van der Waals surface area contributed by atoms with Crippen molar-refractivity contribution in [1.82, 2.24) is 5.32 Å². The van der Waals surface area contributed by atoms with Gasteiger partial charge in [0.15, 0.2) is 5.72 Å². The van der Waals surface area contributed by atoms with Crippen molar-refractivity contribution in [3.05, 3.63) is 0 Å². The van der Waals surface area contributed by atoms with Gasteiger partial charge in [-0.15, -0.1) is 0 Å². The third-order valence-corrected chi connectivity index (χ3v) is 2.92. The molecular weight excluding hydrogens is 186 g/mol. The van der Waals surface area contributed by atoms with E-state index in [1.54, 1.807) is 7.11 Å². The van der Waals surface area contributed by atoms with Gasteiger partial charge in [0, 0.05) is 13.0 Å². The lowest BCUT2D eigenvalue weighted by atomic mass is 9.99. The smallest absolute Gasteiger partial charge is 0.409 e. The quantitative estimate of drug-likeness (QED) is 0.687. The first-order valence-corrected chi connectivity index (χ1v) is 4.85. The molecule has 5 heteroatoms. The molecule has 0 aromatic heterocycles. The number of alkyl carbamates (subject to hydrolysis) is 1. The van der Waals surface area contributed by atoms with Gasteiger partial charge in [-0.05, 0) is 19.3 Å². The van der Waals surface area contributed by atoms with Crippen LogP contribution in [0.2, 0.25) is 0 Å². The van der Waals surface area contributed by atoms with Gasteiger partial charge in [0.1, 0.15) is 13.4 Å². The summed E-state index contributed by atoms with van der Waals surface area (Å²) >= 11 is 0. The first-order valence-electron chi connectivity index (χ1n) is 4.85. The van der Waals surface area contributed by atoms with Gasteiger partial charge in [-0.25, -0.2) is 4.79 Å². The Labute approximate surface area is 82.7 Å². The molecule has 0 aromatic carbocycles. The second kappa shape index (κ2) is 3.74. The molecule has 0 spiro atoms. The van der Waals surface area contributed by atoms with Crippen LogP contribution in [0.3, 0.4) is 0 Å². The Morgan fingerprint density at radius 1 is 1.71 bits per heavy atom. The zero-order valence-electron chi connectivity index (χ0n) is 8.25. The number of amides is 1. The standard InChI is InChI=1S/C9H15NO4/c1-12-6-14-9-4-2-3-7(9)5-13-8(11)10-9/h7H,2-6H2,1H3,(H,10,11)/t7-,9+/m0/s1. The highest BCUT2D eigenvalue weighted by molar-refractivity contribution is 5.69. The van der Waals surface area contributed by atoms with Gasteiger partial charge in [-0.2, -0.15) is 0 Å². The summed E-state index contributed by atoms with van der Waals surface area (Å²) < 4.78 is 15.4. The molecule has 2 rings (SSSR count). The number of hydrogen-bond acceptors (Lipinski definition) is 4. The zero-order chi connectivity index (χ0) is 10.0. The summed E-state index contributed by atoms with van der Waals surface area (Å²) in [6.45, 7) is 0.659. The molecule has 1 aliphatic carbocycles. The molecule has 5 nitrogen and oxygen atoms in total. The van der Waals surface area contributed by atoms with Crippen LogP contribution in [-0.4, -0.2) is 32.3 Å². The summed E-state index contributed by atoms with van der Waals surface area (Å²) in [7, 11) is 1.57. The van der Waals surface area contributed by atoms with Gasteiger partial charge >= 0.3 is 6.09 Å². The molecule has 1 saturated heterocycles. The first kappa shape index (κ1) is 9.73. The average Bonchev–Trinajstić information content (AvgIpc) is 2.57. The maximum Gasteiger partial charge on any atom is 0.409 e. The number of rotatable bonds is 3. The minimum atomic E-state index is -0.536. The van der Waals surface area contributed by atoms with E-state index in [1.165, 1.54) is 0 Å². The molecule has 1 heterocycles. The Hall–Kier alpha value is -0.810. The molecule has 0 unspecified atom stereocenters. The summed E-state index contributed by atoms with van der Waals surface area (Å²) in [5.41, 5.74) is -0.536. The fraction of sp³-hybridized carbons (Fsp3) is 0.889. The van der Waals surface area contributed by atoms with Crippen LogP contribution in [-0.2, 0) is 14.2 Å². The summed E-state index contributed by atoms with van der Waals surface area (Å²) in [5, 5.41) is 2.76. The predicted molar refractivity (Wildman–Crippen MR) is 47.5 cm³/mol. The molecule has 80 valence electrons. The highest BCUT2D eigenvalue weighted by atomic mass is 16.7. The van der Waals surface area contributed by atoms with Crippen LogP contribution >= 0.6 is 0 Å². The monoisotopic (exact) mass is 201 g/mol. The minimum Gasteiger partial charge on any atom is -0.449 e. The van der Waals surface area contributed by atoms with E-state index in [0.717, 1.165) is 19.3 Å². The molecule has 1 amide bonds. The maximum atomic E-state index is 11.1. The van der Waals surface area contributed by atoms with Crippen molar-refractivity contribution in [1.29, 1.82) is 0 Å². The van der Waals surface area contributed by atoms with E-state index in [-0.39, 0.29) is 18.8 Å². The Bertz CT molecular complexity index is 233. The van der Waals surface area contributed by atoms with E-state index in [9.17, 15) is 4.79 Å². The van der Waals surface area contributed by atoms with Crippen LogP contribution in [0.15, 0.2) is 0 Å². The lowest BCUT2D eigenvalue weighted by Crippen LogP contribution is -2.58. The van der Waals surface area contributed by atoms with E-state index in [2.05, 4.69) is 5.32 Å². The van der Waals surface area contributed by atoms with Gasteiger partial charge in [-0.1, -0.05) is 0 Å². The predicted octanol–water partition coefficient (Wildman–Crippen LogP) is 0.843. The summed E-state index contributed by atoms with van der Waals surface area (Å²) in [4.78, 5) is 11.1. The van der Waals surface area contributed by atoms with E-state index >= 15 is 0 Å². The van der Waals surface area contributed by atoms with Crippen molar-refractivity contribution in [3.8, 4) is 0 Å². The third-order valence-electron chi connectivity index (χ3n) is 2.92. The topological polar surface area (TPSA) is 56.8 Å². The normalized spacial score (nSPS) is 36.1. The van der Waals surface area contributed by atoms with Gasteiger partial charge < -0.3 is 14.2 Å². The molecule has 2 fully saturated rings. The Morgan fingerprint density at radius 3 is 3.36 bits per heavy atom. The van der Waals surface area contributed by atoms with Crippen LogP contribution < -0.4 is 5.32 Å². The fourth-order valence-corrected chi connectivity index (χ4v) is 2.21. The molecule has 1 aliphatic heterocycles. The van der Waals surface area contributed by atoms with Gasteiger partial charge in [0.05, 0.1) is 0 Å². The van der Waals surface area contributed by atoms with Gasteiger partial charge in [-0.3, -0.25) is 5.32 Å². The molecule has 0 aromatic rings. The Balaban J connectivity index is 2.06. The summed E-state index contributed by atoms with van der Waals surface area (Å²) in [6, 6.07) is 0. The summed E-state index contributed by atoms with van der Waals surface area (Å²) in [6.07, 6.45) is 2.54. The second-order valence-electron chi connectivity index (χ2n) is 3.75. The first-order chi connectivity index (χ1) is 6.77. The number of carbonyl (C=O) groups is 1. The lowest BCUT2D eigenvalue weighted by Gasteiger charge is -2.38. The Morgan fingerprint density at radius 2 is 2.57 bits per heavy atom. The van der Waals surface area contributed by atoms with Gasteiger partial charge in [0.25, 0.3) is 0 Å². The average molecular weight is 201 g/mol. The van der Waals surface area contributed by atoms with E-state index in [1.807, 2.05) is 0 Å². The van der Waals surface area contributed by atoms with Crippen molar-refractivity contribution >= 4 is 6.09 Å². The van der Waals surface area contributed by atoms with E-state index in [0.29, 0.717) is 6.61 Å². The van der Waals surface area contributed by atoms with Crippen LogP contribution in [0.5, 0.6) is 0 Å². The molecule has 1 saturated carbocycles. The lowest BCUT2D eigenvalue weighted by molar-refractivity contribution is -0.177. The highest BCUT2D eigenvalue weighted by Gasteiger charge is 2.49. The number of methoxy groups -OCH3 is 1.